The van der Waals surface area contributed by atoms with Crippen molar-refractivity contribution in [3.63, 3.8) is 0 Å². The first-order valence-corrected chi connectivity index (χ1v) is 8.96. The third kappa shape index (κ3) is 4.43. The number of nitrogens with zero attached hydrogens (tertiary/aromatic N) is 1. The quantitative estimate of drug-likeness (QED) is 0.742. The van der Waals surface area contributed by atoms with Gasteiger partial charge in [0.05, 0.1) is 11.4 Å². The van der Waals surface area contributed by atoms with E-state index < -0.39 is 35.1 Å². The number of hydrogen-bond donors (Lipinski definition) is 2. The van der Waals surface area contributed by atoms with Crippen LogP contribution in [0.2, 0.25) is 0 Å². The summed E-state index contributed by atoms with van der Waals surface area (Å²) in [5.74, 6) is -1.30. The van der Waals surface area contributed by atoms with E-state index in [4.69, 9.17) is 5.73 Å². The number of carbonyl (C=O) groups is 2. The molecule has 0 aliphatic carbocycles. The molecule has 0 atom stereocenters. The van der Waals surface area contributed by atoms with E-state index in [0.717, 1.165) is 5.56 Å². The molecule has 0 heterocycles. The molecule has 7 nitrogen and oxygen atoms in total. The Balaban J connectivity index is 2.23. The number of nitrogens with two attached hydrogens (primary N) is 1. The monoisotopic (exact) mass is 361 g/mol. The Morgan fingerprint density at radius 2 is 1.64 bits per heavy atom. The average molecular weight is 361 g/mol. The Morgan fingerprint density at radius 1 is 1.04 bits per heavy atom. The minimum atomic E-state index is -4.12. The van der Waals surface area contributed by atoms with Gasteiger partial charge in [-0.2, -0.15) is 0 Å². The second-order valence-corrected chi connectivity index (χ2v) is 7.16. The second-order valence-electron chi connectivity index (χ2n) is 5.29. The lowest BCUT2D eigenvalue weighted by Crippen LogP contribution is -2.47. The number of aryl methyl sites for hydroxylation is 1. The first-order chi connectivity index (χ1) is 11.9. The third-order valence-corrected chi connectivity index (χ3v) is 5.26. The van der Waals surface area contributed by atoms with Gasteiger partial charge >= 0.3 is 0 Å². The molecule has 0 fully saturated rings. The van der Waals surface area contributed by atoms with Crippen molar-refractivity contribution < 1.29 is 18.0 Å². The van der Waals surface area contributed by atoms with Crippen LogP contribution in [0.15, 0.2) is 59.5 Å². The zero-order chi connectivity index (χ0) is 18.4. The number of rotatable bonds is 6. The van der Waals surface area contributed by atoms with Crippen LogP contribution in [0.5, 0.6) is 0 Å². The SMILES string of the molecule is Cc1ccc(S(=O)(=O)N(CNC(=O)c2ccccc2)C(=O)CN)cc1. The molecule has 2 aromatic carbocycles. The van der Waals surface area contributed by atoms with Crippen molar-refractivity contribution >= 4 is 21.8 Å². The van der Waals surface area contributed by atoms with Gasteiger partial charge in [0, 0.05) is 5.56 Å². The van der Waals surface area contributed by atoms with Crippen LogP contribution in [-0.4, -0.2) is 37.8 Å². The van der Waals surface area contributed by atoms with Gasteiger partial charge in [0.25, 0.3) is 21.8 Å². The molecule has 8 heteroatoms. The maximum Gasteiger partial charge on any atom is 0.268 e. The minimum absolute atomic E-state index is 0.0474. The Bertz CT molecular complexity index is 849. The summed E-state index contributed by atoms with van der Waals surface area (Å²) >= 11 is 0. The predicted molar refractivity (Wildman–Crippen MR) is 93.0 cm³/mol. The van der Waals surface area contributed by atoms with E-state index in [1.807, 2.05) is 6.92 Å². The summed E-state index contributed by atoms with van der Waals surface area (Å²) in [6.45, 7) is 0.825. The van der Waals surface area contributed by atoms with Crippen LogP contribution in [0.25, 0.3) is 0 Å². The number of carbonyl (C=O) groups excluding carboxylic acids is 2. The van der Waals surface area contributed by atoms with Crippen LogP contribution in [0, 0.1) is 6.92 Å². The van der Waals surface area contributed by atoms with Crippen LogP contribution >= 0.6 is 0 Å². The molecule has 2 rings (SSSR count). The number of sulfonamides is 1. The van der Waals surface area contributed by atoms with E-state index in [1.54, 1.807) is 42.5 Å². The zero-order valence-corrected chi connectivity index (χ0v) is 14.5. The summed E-state index contributed by atoms with van der Waals surface area (Å²) in [5.41, 5.74) is 6.56. The van der Waals surface area contributed by atoms with Crippen molar-refractivity contribution in [3.05, 3.63) is 65.7 Å². The highest BCUT2D eigenvalue weighted by Crippen LogP contribution is 2.16. The summed E-state index contributed by atoms with van der Waals surface area (Å²) in [7, 11) is -4.12. The molecule has 0 spiro atoms. The fourth-order valence-corrected chi connectivity index (χ4v) is 3.39. The van der Waals surface area contributed by atoms with Gasteiger partial charge in [-0.25, -0.2) is 12.7 Å². The smallest absolute Gasteiger partial charge is 0.268 e. The molecule has 0 aliphatic rings. The topological polar surface area (TPSA) is 110 Å². The molecule has 0 radical (unpaired) electrons. The van der Waals surface area contributed by atoms with Gasteiger partial charge in [0.15, 0.2) is 0 Å². The van der Waals surface area contributed by atoms with Crippen molar-refractivity contribution in [3.8, 4) is 0 Å². The molecule has 0 unspecified atom stereocenters. The Kier molecular flexibility index (Phi) is 5.89. The molecule has 0 aliphatic heterocycles. The van der Waals surface area contributed by atoms with E-state index in [-0.39, 0.29) is 4.90 Å². The van der Waals surface area contributed by atoms with Crippen molar-refractivity contribution in [2.75, 3.05) is 13.2 Å². The van der Waals surface area contributed by atoms with Crippen LogP contribution < -0.4 is 11.1 Å². The van der Waals surface area contributed by atoms with E-state index >= 15 is 0 Å². The zero-order valence-electron chi connectivity index (χ0n) is 13.7. The maximum atomic E-state index is 12.7. The van der Waals surface area contributed by atoms with Crippen molar-refractivity contribution in [1.29, 1.82) is 0 Å². The largest absolute Gasteiger partial charge is 0.333 e. The Labute approximate surface area is 146 Å². The molecule has 0 aromatic heterocycles. The number of benzene rings is 2. The lowest BCUT2D eigenvalue weighted by molar-refractivity contribution is -0.125. The number of hydrogen-bond acceptors (Lipinski definition) is 5. The summed E-state index contributed by atoms with van der Waals surface area (Å²) in [6, 6.07) is 14.3. The highest BCUT2D eigenvalue weighted by molar-refractivity contribution is 7.89. The van der Waals surface area contributed by atoms with Crippen molar-refractivity contribution in [2.45, 2.75) is 11.8 Å². The van der Waals surface area contributed by atoms with Gasteiger partial charge in [-0.3, -0.25) is 9.59 Å². The van der Waals surface area contributed by atoms with Gasteiger partial charge in [-0.15, -0.1) is 0 Å². The van der Waals surface area contributed by atoms with Crippen LogP contribution in [-0.2, 0) is 14.8 Å². The van der Waals surface area contributed by atoms with Gasteiger partial charge < -0.3 is 11.1 Å². The standard InChI is InChI=1S/C17H19N3O4S/c1-13-7-9-15(10-8-13)25(23,24)20(16(21)11-18)12-19-17(22)14-5-3-2-4-6-14/h2-10H,11-12,18H2,1H3,(H,19,22). The lowest BCUT2D eigenvalue weighted by Gasteiger charge is -2.22. The van der Waals surface area contributed by atoms with Gasteiger partial charge in [0.2, 0.25) is 0 Å². The number of amides is 2. The molecule has 0 bridgehead atoms. The normalized spacial score (nSPS) is 11.0. The molecule has 0 saturated heterocycles. The molecule has 132 valence electrons. The summed E-state index contributed by atoms with van der Waals surface area (Å²) in [4.78, 5) is 24.1. The molecule has 2 aromatic rings. The summed E-state index contributed by atoms with van der Waals surface area (Å²) in [6.07, 6.45) is 0. The van der Waals surface area contributed by atoms with Gasteiger partial charge in [0.1, 0.15) is 6.67 Å². The molecular weight excluding hydrogens is 342 g/mol. The Morgan fingerprint density at radius 3 is 2.20 bits per heavy atom. The molecule has 0 saturated carbocycles. The van der Waals surface area contributed by atoms with Crippen molar-refractivity contribution in [1.82, 2.24) is 9.62 Å². The number of nitrogens with one attached hydrogen (secondary N) is 1. The van der Waals surface area contributed by atoms with Crippen LogP contribution in [0.3, 0.4) is 0 Å². The van der Waals surface area contributed by atoms with E-state index in [2.05, 4.69) is 5.32 Å². The van der Waals surface area contributed by atoms with E-state index in [1.165, 1.54) is 12.1 Å². The van der Waals surface area contributed by atoms with Crippen LogP contribution in [0.4, 0.5) is 0 Å². The molecule has 3 N–H and O–H groups in total. The predicted octanol–water partition coefficient (Wildman–Crippen LogP) is 0.859. The second kappa shape index (κ2) is 7.91. The fourth-order valence-electron chi connectivity index (χ4n) is 2.08. The first kappa shape index (κ1) is 18.6. The molecule has 25 heavy (non-hydrogen) atoms. The average Bonchev–Trinajstić information content (AvgIpc) is 2.62. The summed E-state index contributed by atoms with van der Waals surface area (Å²) < 4.78 is 26.0. The molecule has 2 amide bonds. The van der Waals surface area contributed by atoms with Gasteiger partial charge in [-0.1, -0.05) is 35.9 Å². The van der Waals surface area contributed by atoms with E-state index in [9.17, 15) is 18.0 Å². The Hall–Kier alpha value is -2.71. The molecular formula is C17H19N3O4S. The third-order valence-electron chi connectivity index (χ3n) is 3.48. The summed E-state index contributed by atoms with van der Waals surface area (Å²) in [5, 5.41) is 2.43. The maximum absolute atomic E-state index is 12.7. The first-order valence-electron chi connectivity index (χ1n) is 7.52. The highest BCUT2D eigenvalue weighted by atomic mass is 32.2. The van der Waals surface area contributed by atoms with Crippen LogP contribution in [0.1, 0.15) is 15.9 Å². The van der Waals surface area contributed by atoms with E-state index in [0.29, 0.717) is 9.87 Å². The minimum Gasteiger partial charge on any atom is -0.333 e. The van der Waals surface area contributed by atoms with Gasteiger partial charge in [-0.05, 0) is 31.2 Å². The highest BCUT2D eigenvalue weighted by Gasteiger charge is 2.28. The lowest BCUT2D eigenvalue weighted by atomic mass is 10.2. The fraction of sp³-hybridized carbons (Fsp3) is 0.176. The van der Waals surface area contributed by atoms with Crippen molar-refractivity contribution in [2.24, 2.45) is 5.73 Å².